The van der Waals surface area contributed by atoms with Crippen LogP contribution >= 0.6 is 11.3 Å². The third kappa shape index (κ3) is 2.18. The molecular formula is C12H18OS. The van der Waals surface area contributed by atoms with E-state index in [0.717, 1.165) is 11.5 Å². The Kier molecular flexibility index (Phi) is 3.24. The van der Waals surface area contributed by atoms with Gasteiger partial charge in [-0.1, -0.05) is 19.8 Å². The van der Waals surface area contributed by atoms with Crippen molar-refractivity contribution >= 4 is 11.3 Å². The highest BCUT2D eigenvalue weighted by Gasteiger charge is 2.26. The number of aliphatic hydroxyl groups excluding tert-OH is 1. The molecule has 0 aromatic carbocycles. The minimum atomic E-state index is -0.219. The summed E-state index contributed by atoms with van der Waals surface area (Å²) >= 11 is 1.67. The van der Waals surface area contributed by atoms with Gasteiger partial charge in [0.15, 0.2) is 0 Å². The van der Waals surface area contributed by atoms with Gasteiger partial charge in [0.1, 0.15) is 0 Å². The molecule has 1 saturated carbocycles. The topological polar surface area (TPSA) is 20.2 Å². The Morgan fingerprint density at radius 3 is 3.00 bits per heavy atom. The van der Waals surface area contributed by atoms with Crippen molar-refractivity contribution < 1.29 is 5.11 Å². The molecule has 0 bridgehead atoms. The van der Waals surface area contributed by atoms with Gasteiger partial charge >= 0.3 is 0 Å². The standard InChI is InChI=1S/C12H18OS/c1-9-3-2-4-10(7-9)12(13)11-5-6-14-8-11/h5-6,8-10,12-13H,2-4,7H2,1H3. The maximum absolute atomic E-state index is 10.2. The highest BCUT2D eigenvalue weighted by atomic mass is 32.1. The normalized spacial score (nSPS) is 30.1. The van der Waals surface area contributed by atoms with Gasteiger partial charge in [-0.3, -0.25) is 0 Å². The van der Waals surface area contributed by atoms with Gasteiger partial charge in [-0.25, -0.2) is 0 Å². The Labute approximate surface area is 89.8 Å². The number of hydrogen-bond donors (Lipinski definition) is 1. The maximum atomic E-state index is 10.2. The Morgan fingerprint density at radius 2 is 2.36 bits per heavy atom. The molecule has 0 radical (unpaired) electrons. The lowest BCUT2D eigenvalue weighted by Gasteiger charge is -2.30. The lowest BCUT2D eigenvalue weighted by Crippen LogP contribution is -2.19. The molecule has 0 aliphatic heterocycles. The summed E-state index contributed by atoms with van der Waals surface area (Å²) in [5.41, 5.74) is 1.12. The van der Waals surface area contributed by atoms with Crippen molar-refractivity contribution in [1.29, 1.82) is 0 Å². The van der Waals surface area contributed by atoms with Gasteiger partial charge in [0.05, 0.1) is 6.10 Å². The SMILES string of the molecule is CC1CCCC(C(O)c2ccsc2)C1. The van der Waals surface area contributed by atoms with E-state index in [2.05, 4.69) is 18.4 Å². The highest BCUT2D eigenvalue weighted by Crippen LogP contribution is 2.37. The highest BCUT2D eigenvalue weighted by molar-refractivity contribution is 7.07. The molecule has 0 amide bonds. The number of thiophene rings is 1. The Hall–Kier alpha value is -0.340. The predicted molar refractivity (Wildman–Crippen MR) is 60.4 cm³/mol. The van der Waals surface area contributed by atoms with Crippen LogP contribution in [0, 0.1) is 11.8 Å². The summed E-state index contributed by atoms with van der Waals surface area (Å²) in [5, 5.41) is 14.3. The average Bonchev–Trinajstić information content (AvgIpc) is 2.69. The van der Waals surface area contributed by atoms with Gasteiger partial charge in [-0.15, -0.1) is 0 Å². The van der Waals surface area contributed by atoms with Crippen LogP contribution in [0.1, 0.15) is 44.3 Å². The van der Waals surface area contributed by atoms with E-state index in [-0.39, 0.29) is 6.10 Å². The molecule has 1 N–H and O–H groups in total. The van der Waals surface area contributed by atoms with Crippen LogP contribution in [0.5, 0.6) is 0 Å². The van der Waals surface area contributed by atoms with E-state index in [1.54, 1.807) is 11.3 Å². The van der Waals surface area contributed by atoms with Crippen LogP contribution in [0.4, 0.5) is 0 Å². The molecule has 1 aliphatic carbocycles. The van der Waals surface area contributed by atoms with Crippen LogP contribution in [0.2, 0.25) is 0 Å². The van der Waals surface area contributed by atoms with Crippen molar-refractivity contribution in [3.8, 4) is 0 Å². The molecule has 1 fully saturated rings. The molecule has 14 heavy (non-hydrogen) atoms. The molecule has 1 aliphatic rings. The summed E-state index contributed by atoms with van der Waals surface area (Å²) in [5.74, 6) is 1.29. The Morgan fingerprint density at radius 1 is 1.50 bits per heavy atom. The largest absolute Gasteiger partial charge is 0.388 e. The van der Waals surface area contributed by atoms with Crippen LogP contribution < -0.4 is 0 Å². The van der Waals surface area contributed by atoms with Crippen LogP contribution in [0.3, 0.4) is 0 Å². The smallest absolute Gasteiger partial charge is 0.0826 e. The third-order valence-corrected chi connectivity index (χ3v) is 4.01. The van der Waals surface area contributed by atoms with E-state index in [4.69, 9.17) is 0 Å². The Bertz CT molecular complexity index is 268. The number of rotatable bonds is 2. The van der Waals surface area contributed by atoms with Crippen molar-refractivity contribution in [2.45, 2.75) is 38.7 Å². The molecule has 1 heterocycles. The van der Waals surface area contributed by atoms with Crippen LogP contribution in [0.15, 0.2) is 16.8 Å². The molecule has 0 spiro atoms. The zero-order valence-corrected chi connectivity index (χ0v) is 9.46. The van der Waals surface area contributed by atoms with Crippen molar-refractivity contribution in [2.24, 2.45) is 11.8 Å². The first kappa shape index (κ1) is 10.2. The summed E-state index contributed by atoms with van der Waals surface area (Å²) in [4.78, 5) is 0. The summed E-state index contributed by atoms with van der Waals surface area (Å²) in [7, 11) is 0. The first-order valence-corrected chi connectivity index (χ1v) is 6.42. The van der Waals surface area contributed by atoms with Crippen molar-refractivity contribution in [1.82, 2.24) is 0 Å². The molecule has 1 nitrogen and oxygen atoms in total. The van der Waals surface area contributed by atoms with Gasteiger partial charge in [-0.05, 0) is 47.1 Å². The lowest BCUT2D eigenvalue weighted by atomic mass is 9.78. The summed E-state index contributed by atoms with van der Waals surface area (Å²) in [6.45, 7) is 2.30. The monoisotopic (exact) mass is 210 g/mol. The Balaban J connectivity index is 2.00. The molecule has 3 atom stereocenters. The van der Waals surface area contributed by atoms with E-state index in [1.807, 2.05) is 5.38 Å². The lowest BCUT2D eigenvalue weighted by molar-refractivity contribution is 0.0717. The van der Waals surface area contributed by atoms with Crippen molar-refractivity contribution in [3.05, 3.63) is 22.4 Å². The van der Waals surface area contributed by atoms with E-state index >= 15 is 0 Å². The quantitative estimate of drug-likeness (QED) is 0.790. The zero-order valence-electron chi connectivity index (χ0n) is 8.65. The van der Waals surface area contributed by atoms with Crippen molar-refractivity contribution in [3.63, 3.8) is 0 Å². The summed E-state index contributed by atoms with van der Waals surface area (Å²) in [6, 6.07) is 2.05. The van der Waals surface area contributed by atoms with Crippen LogP contribution in [-0.2, 0) is 0 Å². The second kappa shape index (κ2) is 4.45. The molecule has 3 unspecified atom stereocenters. The second-order valence-corrected chi connectivity index (χ2v) is 5.31. The third-order valence-electron chi connectivity index (χ3n) is 3.31. The molecule has 1 aromatic heterocycles. The fourth-order valence-electron chi connectivity index (χ4n) is 2.48. The summed E-state index contributed by atoms with van der Waals surface area (Å²) < 4.78 is 0. The van der Waals surface area contributed by atoms with E-state index in [1.165, 1.54) is 25.7 Å². The molecule has 0 saturated heterocycles. The van der Waals surface area contributed by atoms with E-state index in [0.29, 0.717) is 5.92 Å². The van der Waals surface area contributed by atoms with E-state index < -0.39 is 0 Å². The first-order chi connectivity index (χ1) is 6.77. The number of aliphatic hydroxyl groups is 1. The summed E-state index contributed by atoms with van der Waals surface area (Å²) in [6.07, 6.45) is 4.79. The zero-order chi connectivity index (χ0) is 9.97. The van der Waals surface area contributed by atoms with Crippen molar-refractivity contribution in [2.75, 3.05) is 0 Å². The van der Waals surface area contributed by atoms with E-state index in [9.17, 15) is 5.11 Å². The van der Waals surface area contributed by atoms with Gasteiger partial charge in [0.25, 0.3) is 0 Å². The minimum absolute atomic E-state index is 0.219. The van der Waals surface area contributed by atoms with Gasteiger partial charge in [-0.2, -0.15) is 11.3 Å². The average molecular weight is 210 g/mol. The minimum Gasteiger partial charge on any atom is -0.388 e. The second-order valence-electron chi connectivity index (χ2n) is 4.53. The molecular weight excluding hydrogens is 192 g/mol. The predicted octanol–water partition coefficient (Wildman–Crippen LogP) is 3.61. The molecule has 78 valence electrons. The van der Waals surface area contributed by atoms with Crippen LogP contribution in [0.25, 0.3) is 0 Å². The van der Waals surface area contributed by atoms with Gasteiger partial charge < -0.3 is 5.11 Å². The first-order valence-electron chi connectivity index (χ1n) is 5.47. The fraction of sp³-hybridized carbons (Fsp3) is 0.667. The molecule has 2 heteroatoms. The van der Waals surface area contributed by atoms with Gasteiger partial charge in [0.2, 0.25) is 0 Å². The van der Waals surface area contributed by atoms with Gasteiger partial charge in [0, 0.05) is 0 Å². The maximum Gasteiger partial charge on any atom is 0.0826 e. The van der Waals surface area contributed by atoms with Crippen LogP contribution in [-0.4, -0.2) is 5.11 Å². The molecule has 1 aromatic rings. The fourth-order valence-corrected chi connectivity index (χ4v) is 3.17. The number of hydrogen-bond acceptors (Lipinski definition) is 2. The molecule has 2 rings (SSSR count).